The standard InChI is InChI=1S/C27H29FN6O/c1-16-6-4-7-18-11-13-31-26(23(16)18)34(20-8-5-12-30-15-20)27(35)21-10-9-19(14-22(21)28)25-24(29)17(2)32-33(25)3/h4,6-7,9-11,13-14,20,30H,5,8,12,15,29H2,1-3H3/t20-/m1/s1. The molecule has 1 saturated heterocycles. The van der Waals surface area contributed by atoms with Crippen LogP contribution in [0.4, 0.5) is 15.9 Å². The molecule has 1 amide bonds. The highest BCUT2D eigenvalue weighted by Gasteiger charge is 2.32. The summed E-state index contributed by atoms with van der Waals surface area (Å²) in [6.45, 7) is 5.34. The van der Waals surface area contributed by atoms with Crippen molar-refractivity contribution >= 4 is 28.2 Å². The number of nitrogens with two attached hydrogens (primary N) is 1. The molecule has 8 heteroatoms. The SMILES string of the molecule is Cc1nn(C)c(-c2ccc(C(=O)N(c3nccc4cccc(C)c34)[C@@H]3CCCNC3)c(F)c2)c1N. The van der Waals surface area contributed by atoms with Gasteiger partial charge in [-0.05, 0) is 62.4 Å². The Balaban J connectivity index is 1.61. The zero-order valence-corrected chi connectivity index (χ0v) is 20.2. The predicted molar refractivity (Wildman–Crippen MR) is 137 cm³/mol. The van der Waals surface area contributed by atoms with Crippen molar-refractivity contribution in [2.45, 2.75) is 32.7 Å². The molecule has 5 rings (SSSR count). The second-order valence-electron chi connectivity index (χ2n) is 9.15. The Labute approximate surface area is 203 Å². The van der Waals surface area contributed by atoms with Crippen LogP contribution in [0.15, 0.2) is 48.7 Å². The Morgan fingerprint density at radius 3 is 2.74 bits per heavy atom. The van der Waals surface area contributed by atoms with E-state index in [-0.39, 0.29) is 11.6 Å². The van der Waals surface area contributed by atoms with Crippen LogP contribution in [0.2, 0.25) is 0 Å². The van der Waals surface area contributed by atoms with Crippen LogP contribution >= 0.6 is 0 Å². The van der Waals surface area contributed by atoms with Crippen molar-refractivity contribution in [3.05, 3.63) is 71.3 Å². The van der Waals surface area contributed by atoms with Crippen molar-refractivity contribution in [1.82, 2.24) is 20.1 Å². The van der Waals surface area contributed by atoms with E-state index < -0.39 is 11.7 Å². The minimum absolute atomic E-state index is 0.00386. The summed E-state index contributed by atoms with van der Waals surface area (Å²) in [5.41, 5.74) is 9.57. The molecule has 3 heterocycles. The van der Waals surface area contributed by atoms with Crippen LogP contribution in [0.5, 0.6) is 0 Å². The van der Waals surface area contributed by atoms with E-state index in [0.29, 0.717) is 35.0 Å². The fraction of sp³-hybridized carbons (Fsp3) is 0.296. The molecule has 2 aromatic carbocycles. The summed E-state index contributed by atoms with van der Waals surface area (Å²) in [6, 6.07) is 12.4. The number of aromatic nitrogens is 3. The van der Waals surface area contributed by atoms with Crippen molar-refractivity contribution in [1.29, 1.82) is 0 Å². The van der Waals surface area contributed by atoms with Gasteiger partial charge in [0, 0.05) is 30.7 Å². The largest absolute Gasteiger partial charge is 0.395 e. The van der Waals surface area contributed by atoms with E-state index in [9.17, 15) is 4.79 Å². The smallest absolute Gasteiger partial charge is 0.262 e. The first-order valence-corrected chi connectivity index (χ1v) is 11.8. The van der Waals surface area contributed by atoms with Crippen molar-refractivity contribution in [2.75, 3.05) is 23.7 Å². The van der Waals surface area contributed by atoms with Crippen LogP contribution in [-0.2, 0) is 7.05 Å². The van der Waals surface area contributed by atoms with Gasteiger partial charge < -0.3 is 11.1 Å². The number of anilines is 2. The summed E-state index contributed by atoms with van der Waals surface area (Å²) < 4.78 is 17.2. The number of aryl methyl sites for hydroxylation is 3. The average Bonchev–Trinajstić information content (AvgIpc) is 3.11. The van der Waals surface area contributed by atoms with E-state index >= 15 is 4.39 Å². The Kier molecular flexibility index (Phi) is 5.98. The van der Waals surface area contributed by atoms with Gasteiger partial charge in [-0.2, -0.15) is 5.10 Å². The number of hydrogen-bond acceptors (Lipinski definition) is 5. The fourth-order valence-corrected chi connectivity index (χ4v) is 5.04. The summed E-state index contributed by atoms with van der Waals surface area (Å²) in [4.78, 5) is 20.3. The third-order valence-corrected chi connectivity index (χ3v) is 6.80. The maximum absolute atomic E-state index is 15.5. The van der Waals surface area contributed by atoms with Gasteiger partial charge in [0.15, 0.2) is 0 Å². The van der Waals surface area contributed by atoms with Crippen LogP contribution in [0, 0.1) is 19.7 Å². The molecule has 1 aliphatic rings. The van der Waals surface area contributed by atoms with Crippen LogP contribution in [0.3, 0.4) is 0 Å². The molecule has 7 nitrogen and oxygen atoms in total. The van der Waals surface area contributed by atoms with Gasteiger partial charge in [0.1, 0.15) is 11.6 Å². The van der Waals surface area contributed by atoms with E-state index in [1.165, 1.54) is 12.1 Å². The number of nitrogen functional groups attached to an aromatic ring is 1. The Morgan fingerprint density at radius 1 is 1.23 bits per heavy atom. The highest BCUT2D eigenvalue weighted by molar-refractivity contribution is 6.11. The van der Waals surface area contributed by atoms with Crippen molar-refractivity contribution < 1.29 is 9.18 Å². The maximum atomic E-state index is 15.5. The van der Waals surface area contributed by atoms with E-state index in [4.69, 9.17) is 5.73 Å². The van der Waals surface area contributed by atoms with Crippen LogP contribution < -0.4 is 16.0 Å². The van der Waals surface area contributed by atoms with E-state index in [1.807, 2.05) is 38.1 Å². The zero-order chi connectivity index (χ0) is 24.7. The lowest BCUT2D eigenvalue weighted by Crippen LogP contribution is -2.49. The number of carbonyl (C=O) groups excluding carboxylic acids is 1. The van der Waals surface area contributed by atoms with Gasteiger partial charge in [0.05, 0.1) is 28.7 Å². The minimum Gasteiger partial charge on any atom is -0.395 e. The summed E-state index contributed by atoms with van der Waals surface area (Å²) in [5.74, 6) is -0.439. The third-order valence-electron chi connectivity index (χ3n) is 6.80. The number of pyridine rings is 1. The molecule has 0 unspecified atom stereocenters. The Morgan fingerprint density at radius 2 is 2.06 bits per heavy atom. The molecule has 0 bridgehead atoms. The molecule has 3 N–H and O–H groups in total. The number of piperidine rings is 1. The minimum atomic E-state index is -0.600. The molecule has 180 valence electrons. The number of amides is 1. The molecule has 35 heavy (non-hydrogen) atoms. The van der Waals surface area contributed by atoms with Gasteiger partial charge in [0.2, 0.25) is 0 Å². The Bertz CT molecular complexity index is 1420. The van der Waals surface area contributed by atoms with Gasteiger partial charge in [-0.1, -0.05) is 24.3 Å². The Hall–Kier alpha value is -3.78. The molecule has 1 atom stereocenters. The van der Waals surface area contributed by atoms with Crippen molar-refractivity contribution in [2.24, 2.45) is 7.05 Å². The van der Waals surface area contributed by atoms with Crippen molar-refractivity contribution in [3.63, 3.8) is 0 Å². The van der Waals surface area contributed by atoms with Gasteiger partial charge >= 0.3 is 0 Å². The van der Waals surface area contributed by atoms with E-state index in [0.717, 1.165) is 35.7 Å². The third kappa shape index (κ3) is 4.04. The highest BCUT2D eigenvalue weighted by Crippen LogP contribution is 2.33. The second kappa shape index (κ2) is 9.11. The van der Waals surface area contributed by atoms with Crippen molar-refractivity contribution in [3.8, 4) is 11.3 Å². The number of benzene rings is 2. The van der Waals surface area contributed by atoms with Gasteiger partial charge in [-0.3, -0.25) is 14.4 Å². The number of fused-ring (bicyclic) bond motifs is 1. The number of carbonyl (C=O) groups is 1. The topological polar surface area (TPSA) is 89.1 Å². The summed E-state index contributed by atoms with van der Waals surface area (Å²) >= 11 is 0. The van der Waals surface area contributed by atoms with Crippen LogP contribution in [0.25, 0.3) is 22.0 Å². The predicted octanol–water partition coefficient (Wildman–Crippen LogP) is 4.37. The molecular formula is C27H29FN6O. The molecule has 0 spiro atoms. The maximum Gasteiger partial charge on any atom is 0.262 e. The highest BCUT2D eigenvalue weighted by atomic mass is 19.1. The first-order valence-electron chi connectivity index (χ1n) is 11.8. The quantitative estimate of drug-likeness (QED) is 0.460. The van der Waals surface area contributed by atoms with Gasteiger partial charge in [-0.25, -0.2) is 9.37 Å². The second-order valence-corrected chi connectivity index (χ2v) is 9.15. The monoisotopic (exact) mass is 472 g/mol. The summed E-state index contributed by atoms with van der Waals surface area (Å²) in [6.07, 6.45) is 3.45. The molecule has 0 radical (unpaired) electrons. The normalized spacial score (nSPS) is 15.9. The zero-order valence-electron chi connectivity index (χ0n) is 20.2. The number of nitrogens with zero attached hydrogens (tertiary/aromatic N) is 4. The lowest BCUT2D eigenvalue weighted by atomic mass is 10.0. The summed E-state index contributed by atoms with van der Waals surface area (Å²) in [7, 11) is 1.77. The lowest BCUT2D eigenvalue weighted by molar-refractivity contribution is 0.0968. The van der Waals surface area contributed by atoms with Crippen LogP contribution in [-0.4, -0.2) is 39.8 Å². The molecule has 4 aromatic rings. The molecular weight excluding hydrogens is 443 g/mol. The number of rotatable bonds is 4. The summed E-state index contributed by atoms with van der Waals surface area (Å²) in [5, 5.41) is 9.60. The molecule has 0 saturated carbocycles. The molecule has 2 aromatic heterocycles. The number of halogens is 1. The fourth-order valence-electron chi connectivity index (χ4n) is 5.04. The van der Waals surface area contributed by atoms with Gasteiger partial charge in [-0.15, -0.1) is 0 Å². The first kappa shape index (κ1) is 23.0. The van der Waals surface area contributed by atoms with E-state index in [1.54, 1.807) is 28.9 Å². The van der Waals surface area contributed by atoms with Gasteiger partial charge in [0.25, 0.3) is 5.91 Å². The molecule has 1 fully saturated rings. The molecule has 1 aliphatic heterocycles. The lowest BCUT2D eigenvalue weighted by Gasteiger charge is -2.35. The van der Waals surface area contributed by atoms with Crippen LogP contribution in [0.1, 0.15) is 34.5 Å². The average molecular weight is 473 g/mol. The van der Waals surface area contributed by atoms with E-state index in [2.05, 4.69) is 15.4 Å². The number of hydrogen-bond donors (Lipinski definition) is 2. The number of nitrogens with one attached hydrogen (secondary N) is 1. The first-order chi connectivity index (χ1) is 16.9. The molecule has 0 aliphatic carbocycles.